The molecular formula is C23H32N4O2. The maximum Gasteiger partial charge on any atom is 0.257 e. The van der Waals surface area contributed by atoms with Crippen LogP contribution >= 0.6 is 0 Å². The van der Waals surface area contributed by atoms with E-state index in [1.165, 1.54) is 11.4 Å². The molecule has 1 amide bonds. The molecule has 3 heterocycles. The van der Waals surface area contributed by atoms with Gasteiger partial charge in [0.1, 0.15) is 5.75 Å². The lowest BCUT2D eigenvalue weighted by Crippen LogP contribution is -2.47. The topological polar surface area (TPSA) is 61.5 Å². The zero-order valence-corrected chi connectivity index (χ0v) is 17.7. The summed E-state index contributed by atoms with van der Waals surface area (Å²) in [5, 5.41) is 0. The Hall–Kier alpha value is -2.34. The van der Waals surface area contributed by atoms with Gasteiger partial charge in [-0.15, -0.1) is 0 Å². The summed E-state index contributed by atoms with van der Waals surface area (Å²) in [7, 11) is 0. The number of fused-ring (bicyclic) bond motifs is 1. The first-order valence-electron chi connectivity index (χ1n) is 10.9. The standard InChI is InChI=1S/C23H32N4O2/c1-4-29-20-8-6-5-7-18(20)23(28)26-12-9-17(10-13-26)22-21-19(24-15-25-21)11-14-27(22)16(2)3/h5-8,15-17,22H,4,9-14H2,1-3H3,(H,24,25). The van der Waals surface area contributed by atoms with Crippen LogP contribution in [0.5, 0.6) is 5.75 Å². The average Bonchev–Trinajstić information content (AvgIpc) is 3.22. The van der Waals surface area contributed by atoms with E-state index < -0.39 is 0 Å². The van der Waals surface area contributed by atoms with Crippen LogP contribution in [0.3, 0.4) is 0 Å². The highest BCUT2D eigenvalue weighted by atomic mass is 16.5. The molecule has 2 aliphatic heterocycles. The molecule has 0 aliphatic carbocycles. The van der Waals surface area contributed by atoms with Gasteiger partial charge in [-0.1, -0.05) is 12.1 Å². The highest BCUT2D eigenvalue weighted by Crippen LogP contribution is 2.40. The van der Waals surface area contributed by atoms with Crippen molar-refractivity contribution in [3.8, 4) is 5.75 Å². The van der Waals surface area contributed by atoms with Crippen molar-refractivity contribution in [2.24, 2.45) is 5.92 Å². The van der Waals surface area contributed by atoms with E-state index in [9.17, 15) is 4.79 Å². The van der Waals surface area contributed by atoms with Gasteiger partial charge in [-0.3, -0.25) is 9.69 Å². The molecule has 6 nitrogen and oxygen atoms in total. The molecule has 6 heteroatoms. The molecule has 1 atom stereocenters. The Morgan fingerprint density at radius 3 is 2.72 bits per heavy atom. The van der Waals surface area contributed by atoms with Crippen molar-refractivity contribution in [1.29, 1.82) is 0 Å². The number of hydrogen-bond donors (Lipinski definition) is 1. The number of likely N-dealkylation sites (tertiary alicyclic amines) is 1. The lowest BCUT2D eigenvalue weighted by Gasteiger charge is -2.44. The van der Waals surface area contributed by atoms with Crippen LogP contribution in [-0.2, 0) is 6.42 Å². The second-order valence-electron chi connectivity index (χ2n) is 8.35. The van der Waals surface area contributed by atoms with Crippen molar-refractivity contribution in [3.63, 3.8) is 0 Å². The van der Waals surface area contributed by atoms with Crippen molar-refractivity contribution in [1.82, 2.24) is 19.8 Å². The third-order valence-electron chi connectivity index (χ3n) is 6.36. The number of benzene rings is 1. The van der Waals surface area contributed by atoms with Gasteiger partial charge in [0.2, 0.25) is 0 Å². The van der Waals surface area contributed by atoms with Crippen LogP contribution in [0.15, 0.2) is 30.6 Å². The number of rotatable bonds is 5. The number of H-pyrrole nitrogens is 1. The van der Waals surface area contributed by atoms with Crippen LogP contribution in [0.1, 0.15) is 61.4 Å². The van der Waals surface area contributed by atoms with Gasteiger partial charge in [-0.25, -0.2) is 4.98 Å². The lowest BCUT2D eigenvalue weighted by molar-refractivity contribution is 0.0455. The predicted octanol–water partition coefficient (Wildman–Crippen LogP) is 3.67. The van der Waals surface area contributed by atoms with E-state index >= 15 is 0 Å². The molecule has 0 spiro atoms. The molecule has 0 radical (unpaired) electrons. The monoisotopic (exact) mass is 396 g/mol. The molecule has 0 saturated carbocycles. The van der Waals surface area contributed by atoms with Crippen LogP contribution in [0.25, 0.3) is 0 Å². The molecule has 4 rings (SSSR count). The molecule has 2 aliphatic rings. The molecule has 1 saturated heterocycles. The number of para-hydroxylation sites is 1. The molecule has 1 aromatic carbocycles. The smallest absolute Gasteiger partial charge is 0.257 e. The number of aromatic nitrogens is 2. The number of nitrogens with zero attached hydrogens (tertiary/aromatic N) is 3. The van der Waals surface area contributed by atoms with Gasteiger partial charge in [-0.2, -0.15) is 0 Å². The number of nitrogens with one attached hydrogen (secondary N) is 1. The van der Waals surface area contributed by atoms with E-state index in [1.54, 1.807) is 0 Å². The first-order chi connectivity index (χ1) is 14.1. The minimum absolute atomic E-state index is 0.0809. The van der Waals surface area contributed by atoms with Crippen molar-refractivity contribution in [3.05, 3.63) is 47.5 Å². The van der Waals surface area contributed by atoms with Crippen LogP contribution in [0, 0.1) is 5.92 Å². The van der Waals surface area contributed by atoms with Gasteiger partial charge in [0, 0.05) is 37.8 Å². The van der Waals surface area contributed by atoms with Crippen LogP contribution in [0.4, 0.5) is 0 Å². The third kappa shape index (κ3) is 3.90. The Labute approximate surface area is 173 Å². The highest BCUT2D eigenvalue weighted by molar-refractivity contribution is 5.97. The summed E-state index contributed by atoms with van der Waals surface area (Å²) in [6.45, 7) is 9.68. The maximum absolute atomic E-state index is 13.1. The minimum atomic E-state index is 0.0809. The second kappa shape index (κ2) is 8.57. The average molecular weight is 397 g/mol. The number of piperidine rings is 1. The Balaban J connectivity index is 1.48. The molecular weight excluding hydrogens is 364 g/mol. The zero-order chi connectivity index (χ0) is 20.4. The van der Waals surface area contributed by atoms with E-state index in [-0.39, 0.29) is 5.91 Å². The number of aromatic amines is 1. The van der Waals surface area contributed by atoms with E-state index in [1.807, 2.05) is 42.4 Å². The Bertz CT molecular complexity index is 839. The zero-order valence-electron chi connectivity index (χ0n) is 17.7. The molecule has 1 N–H and O–H groups in total. The molecule has 1 aromatic heterocycles. The molecule has 1 fully saturated rings. The Morgan fingerprint density at radius 1 is 1.24 bits per heavy atom. The van der Waals surface area contributed by atoms with E-state index in [4.69, 9.17) is 4.74 Å². The quantitative estimate of drug-likeness (QED) is 0.838. The number of imidazole rings is 1. The summed E-state index contributed by atoms with van der Waals surface area (Å²) < 4.78 is 5.67. The highest BCUT2D eigenvalue weighted by Gasteiger charge is 2.39. The summed E-state index contributed by atoms with van der Waals surface area (Å²) in [5.74, 6) is 1.28. The normalized spacial score (nSPS) is 20.7. The second-order valence-corrected chi connectivity index (χ2v) is 8.35. The third-order valence-corrected chi connectivity index (χ3v) is 6.36. The SMILES string of the molecule is CCOc1ccccc1C(=O)N1CCC(C2c3nc[nH]c3CCN2C(C)C)CC1. The van der Waals surface area contributed by atoms with Crippen molar-refractivity contribution >= 4 is 5.91 Å². The molecule has 2 aromatic rings. The predicted molar refractivity (Wildman–Crippen MR) is 113 cm³/mol. The van der Waals surface area contributed by atoms with Gasteiger partial charge < -0.3 is 14.6 Å². The summed E-state index contributed by atoms with van der Waals surface area (Å²) in [6.07, 6.45) is 4.88. The summed E-state index contributed by atoms with van der Waals surface area (Å²) in [5.41, 5.74) is 3.18. The largest absolute Gasteiger partial charge is 0.493 e. The number of carbonyl (C=O) groups excluding carboxylic acids is 1. The van der Waals surface area contributed by atoms with Gasteiger partial charge in [-0.05, 0) is 51.7 Å². The van der Waals surface area contributed by atoms with Gasteiger partial charge in [0.15, 0.2) is 0 Å². The van der Waals surface area contributed by atoms with Crippen LogP contribution in [0.2, 0.25) is 0 Å². The summed E-state index contributed by atoms with van der Waals surface area (Å²) >= 11 is 0. The minimum Gasteiger partial charge on any atom is -0.493 e. The number of ether oxygens (including phenoxy) is 1. The van der Waals surface area contributed by atoms with E-state index in [2.05, 4.69) is 28.7 Å². The lowest BCUT2D eigenvalue weighted by atomic mass is 9.83. The van der Waals surface area contributed by atoms with Gasteiger partial charge in [0.05, 0.1) is 30.2 Å². The molecule has 0 bridgehead atoms. The van der Waals surface area contributed by atoms with Crippen molar-refractivity contribution in [2.75, 3.05) is 26.2 Å². The Morgan fingerprint density at radius 2 is 2.00 bits per heavy atom. The molecule has 29 heavy (non-hydrogen) atoms. The van der Waals surface area contributed by atoms with Crippen LogP contribution in [-0.4, -0.2) is 58.0 Å². The number of hydrogen-bond acceptors (Lipinski definition) is 4. The van der Waals surface area contributed by atoms with Gasteiger partial charge in [0.25, 0.3) is 5.91 Å². The first kappa shape index (κ1) is 20.0. The van der Waals surface area contributed by atoms with Gasteiger partial charge >= 0.3 is 0 Å². The number of carbonyl (C=O) groups is 1. The molecule has 1 unspecified atom stereocenters. The summed E-state index contributed by atoms with van der Waals surface area (Å²) in [6, 6.07) is 8.41. The number of amides is 1. The first-order valence-corrected chi connectivity index (χ1v) is 10.9. The Kier molecular flexibility index (Phi) is 5.90. The fraction of sp³-hybridized carbons (Fsp3) is 0.565. The van der Waals surface area contributed by atoms with Crippen molar-refractivity contribution in [2.45, 2.75) is 52.1 Å². The van der Waals surface area contributed by atoms with Crippen LogP contribution < -0.4 is 4.74 Å². The summed E-state index contributed by atoms with van der Waals surface area (Å²) in [4.78, 5) is 25.7. The van der Waals surface area contributed by atoms with E-state index in [0.29, 0.717) is 35.9 Å². The maximum atomic E-state index is 13.1. The van der Waals surface area contributed by atoms with Crippen molar-refractivity contribution < 1.29 is 9.53 Å². The fourth-order valence-corrected chi connectivity index (χ4v) is 4.91. The molecule has 156 valence electrons. The van der Waals surface area contributed by atoms with E-state index in [0.717, 1.165) is 38.9 Å². The fourth-order valence-electron chi connectivity index (χ4n) is 4.91.